The molecule has 1 atom stereocenters. The summed E-state index contributed by atoms with van der Waals surface area (Å²) in [6.45, 7) is 6.41. The molecular weight excluding hydrogens is 436 g/mol. The SMILES string of the molecule is COc1ccc(C(C)C)cc1S(=O)(=O)N1CCC[C@H](C(=O)Nc2ccc(C)c(Cl)c2)C1. The Balaban J connectivity index is 1.81. The second-order valence-electron chi connectivity index (χ2n) is 8.22. The number of anilines is 1. The maximum atomic E-state index is 13.4. The Morgan fingerprint density at radius 2 is 1.97 bits per heavy atom. The van der Waals surface area contributed by atoms with Gasteiger partial charge in [0.15, 0.2) is 0 Å². The summed E-state index contributed by atoms with van der Waals surface area (Å²) in [6.07, 6.45) is 1.23. The topological polar surface area (TPSA) is 75.7 Å². The van der Waals surface area contributed by atoms with E-state index in [0.29, 0.717) is 35.8 Å². The summed E-state index contributed by atoms with van der Waals surface area (Å²) < 4.78 is 33.6. The minimum absolute atomic E-state index is 0.128. The Hall–Kier alpha value is -2.09. The number of hydrogen-bond donors (Lipinski definition) is 1. The predicted octanol–water partition coefficient (Wildman–Crippen LogP) is 4.82. The Bertz CT molecular complexity index is 1070. The summed E-state index contributed by atoms with van der Waals surface area (Å²) in [5, 5.41) is 3.44. The fourth-order valence-corrected chi connectivity index (χ4v) is 5.58. The van der Waals surface area contributed by atoms with Crippen LogP contribution in [0.2, 0.25) is 5.02 Å². The van der Waals surface area contributed by atoms with Gasteiger partial charge in [-0.05, 0) is 61.1 Å². The standard InChI is InChI=1S/C23H29ClN2O4S/c1-15(2)17-8-10-21(30-4)22(12-17)31(28,29)26-11-5-6-18(14-26)23(27)25-19-9-7-16(3)20(24)13-19/h7-10,12-13,15,18H,5-6,11,14H2,1-4H3,(H,25,27)/t18-/m0/s1. The van der Waals surface area contributed by atoms with E-state index in [1.54, 1.807) is 24.3 Å². The molecular formula is C23H29ClN2O4S. The molecule has 31 heavy (non-hydrogen) atoms. The molecule has 2 aromatic rings. The Kier molecular flexibility index (Phi) is 7.29. The zero-order chi connectivity index (χ0) is 22.8. The molecule has 1 heterocycles. The number of carbonyl (C=O) groups excluding carboxylic acids is 1. The molecule has 1 saturated heterocycles. The number of rotatable bonds is 6. The zero-order valence-electron chi connectivity index (χ0n) is 18.3. The molecule has 0 aromatic heterocycles. The molecule has 0 unspecified atom stereocenters. The first kappa shape index (κ1) is 23.6. The number of hydrogen-bond acceptors (Lipinski definition) is 4. The smallest absolute Gasteiger partial charge is 0.246 e. The number of ether oxygens (including phenoxy) is 1. The van der Waals surface area contributed by atoms with Crippen molar-refractivity contribution in [3.63, 3.8) is 0 Å². The number of nitrogens with one attached hydrogen (secondary N) is 1. The van der Waals surface area contributed by atoms with Crippen LogP contribution in [0.1, 0.15) is 43.7 Å². The zero-order valence-corrected chi connectivity index (χ0v) is 19.9. The highest BCUT2D eigenvalue weighted by Gasteiger charge is 2.35. The fraction of sp³-hybridized carbons (Fsp3) is 0.435. The van der Waals surface area contributed by atoms with Crippen LogP contribution in [0, 0.1) is 12.8 Å². The summed E-state index contributed by atoms with van der Waals surface area (Å²) in [5.74, 6) is -0.156. The average molecular weight is 465 g/mol. The van der Waals surface area contributed by atoms with E-state index in [4.69, 9.17) is 16.3 Å². The summed E-state index contributed by atoms with van der Waals surface area (Å²) in [5.41, 5.74) is 2.45. The molecule has 6 nitrogen and oxygen atoms in total. The van der Waals surface area contributed by atoms with E-state index in [1.807, 2.05) is 32.9 Å². The van der Waals surface area contributed by atoms with Gasteiger partial charge in [0.1, 0.15) is 10.6 Å². The highest BCUT2D eigenvalue weighted by atomic mass is 35.5. The predicted molar refractivity (Wildman–Crippen MR) is 123 cm³/mol. The van der Waals surface area contributed by atoms with Crippen molar-refractivity contribution in [1.82, 2.24) is 4.31 Å². The van der Waals surface area contributed by atoms with Crippen LogP contribution in [-0.2, 0) is 14.8 Å². The lowest BCUT2D eigenvalue weighted by molar-refractivity contribution is -0.120. The van der Waals surface area contributed by atoms with Gasteiger partial charge in [-0.15, -0.1) is 0 Å². The van der Waals surface area contributed by atoms with Gasteiger partial charge in [0.2, 0.25) is 15.9 Å². The van der Waals surface area contributed by atoms with Crippen molar-refractivity contribution in [2.75, 3.05) is 25.5 Å². The van der Waals surface area contributed by atoms with Gasteiger partial charge in [0.05, 0.1) is 13.0 Å². The Morgan fingerprint density at radius 1 is 1.23 bits per heavy atom. The van der Waals surface area contributed by atoms with Crippen molar-refractivity contribution in [3.8, 4) is 5.75 Å². The quantitative estimate of drug-likeness (QED) is 0.664. The first-order chi connectivity index (χ1) is 14.6. The highest BCUT2D eigenvalue weighted by molar-refractivity contribution is 7.89. The first-order valence-corrected chi connectivity index (χ1v) is 12.2. The normalized spacial score (nSPS) is 17.5. The lowest BCUT2D eigenvalue weighted by Crippen LogP contribution is -2.43. The molecule has 0 radical (unpaired) electrons. The van der Waals surface area contributed by atoms with E-state index in [9.17, 15) is 13.2 Å². The third-order valence-electron chi connectivity index (χ3n) is 5.67. The van der Waals surface area contributed by atoms with E-state index >= 15 is 0 Å². The minimum Gasteiger partial charge on any atom is -0.495 e. The number of methoxy groups -OCH3 is 1. The molecule has 3 rings (SSSR count). The van der Waals surface area contributed by atoms with Gasteiger partial charge >= 0.3 is 0 Å². The molecule has 1 aliphatic rings. The Morgan fingerprint density at radius 3 is 2.61 bits per heavy atom. The molecule has 8 heteroatoms. The molecule has 1 aliphatic heterocycles. The van der Waals surface area contributed by atoms with Gasteiger partial charge in [0, 0.05) is 23.8 Å². The van der Waals surface area contributed by atoms with Crippen LogP contribution in [0.25, 0.3) is 0 Å². The van der Waals surface area contributed by atoms with Gasteiger partial charge < -0.3 is 10.1 Å². The lowest BCUT2D eigenvalue weighted by Gasteiger charge is -2.31. The summed E-state index contributed by atoms with van der Waals surface area (Å²) in [6, 6.07) is 10.6. The largest absolute Gasteiger partial charge is 0.495 e. The molecule has 168 valence electrons. The third kappa shape index (κ3) is 5.22. The van der Waals surface area contributed by atoms with Crippen LogP contribution in [0.4, 0.5) is 5.69 Å². The van der Waals surface area contributed by atoms with Crippen LogP contribution >= 0.6 is 11.6 Å². The van der Waals surface area contributed by atoms with Crippen molar-refractivity contribution in [3.05, 3.63) is 52.5 Å². The van der Waals surface area contributed by atoms with E-state index in [1.165, 1.54) is 11.4 Å². The van der Waals surface area contributed by atoms with Gasteiger partial charge in [-0.25, -0.2) is 8.42 Å². The number of sulfonamides is 1. The van der Waals surface area contributed by atoms with Gasteiger partial charge in [-0.1, -0.05) is 37.6 Å². The van der Waals surface area contributed by atoms with Gasteiger partial charge in [-0.2, -0.15) is 4.31 Å². The first-order valence-electron chi connectivity index (χ1n) is 10.4. The minimum atomic E-state index is -3.81. The number of aryl methyl sites for hydroxylation is 1. The number of carbonyl (C=O) groups is 1. The van der Waals surface area contributed by atoms with E-state index < -0.39 is 15.9 Å². The summed E-state index contributed by atoms with van der Waals surface area (Å²) >= 11 is 6.15. The third-order valence-corrected chi connectivity index (χ3v) is 7.96. The van der Waals surface area contributed by atoms with Crippen LogP contribution in [0.15, 0.2) is 41.3 Å². The van der Waals surface area contributed by atoms with Crippen molar-refractivity contribution in [2.45, 2.75) is 44.4 Å². The van der Waals surface area contributed by atoms with Crippen molar-refractivity contribution < 1.29 is 17.9 Å². The van der Waals surface area contributed by atoms with Gasteiger partial charge in [0.25, 0.3) is 0 Å². The van der Waals surface area contributed by atoms with Crippen LogP contribution < -0.4 is 10.1 Å². The number of halogens is 1. The van der Waals surface area contributed by atoms with Crippen LogP contribution in [0.3, 0.4) is 0 Å². The van der Waals surface area contributed by atoms with Crippen LogP contribution in [0.5, 0.6) is 5.75 Å². The van der Waals surface area contributed by atoms with Crippen LogP contribution in [-0.4, -0.2) is 38.8 Å². The average Bonchev–Trinajstić information content (AvgIpc) is 2.75. The van der Waals surface area contributed by atoms with Crippen molar-refractivity contribution >= 4 is 33.2 Å². The Labute approximate surface area is 189 Å². The maximum Gasteiger partial charge on any atom is 0.246 e. The summed E-state index contributed by atoms with van der Waals surface area (Å²) in [4.78, 5) is 13.0. The summed E-state index contributed by atoms with van der Waals surface area (Å²) in [7, 11) is -2.34. The fourth-order valence-electron chi connectivity index (χ4n) is 3.68. The molecule has 1 fully saturated rings. The van der Waals surface area contributed by atoms with E-state index in [2.05, 4.69) is 5.32 Å². The van der Waals surface area contributed by atoms with E-state index in [0.717, 1.165) is 11.1 Å². The maximum absolute atomic E-state index is 13.4. The molecule has 1 N–H and O–H groups in total. The number of piperidine rings is 1. The number of benzene rings is 2. The van der Waals surface area contributed by atoms with Crippen molar-refractivity contribution in [1.29, 1.82) is 0 Å². The molecule has 0 bridgehead atoms. The number of nitrogens with zero attached hydrogens (tertiary/aromatic N) is 1. The highest BCUT2D eigenvalue weighted by Crippen LogP contribution is 2.32. The second-order valence-corrected chi connectivity index (χ2v) is 10.5. The molecule has 0 aliphatic carbocycles. The molecule has 0 spiro atoms. The number of amides is 1. The van der Waals surface area contributed by atoms with Crippen molar-refractivity contribution in [2.24, 2.45) is 5.92 Å². The second kappa shape index (κ2) is 9.59. The lowest BCUT2D eigenvalue weighted by atomic mass is 9.98. The molecule has 0 saturated carbocycles. The van der Waals surface area contributed by atoms with Gasteiger partial charge in [-0.3, -0.25) is 4.79 Å². The molecule has 1 amide bonds. The van der Waals surface area contributed by atoms with E-state index in [-0.39, 0.29) is 23.3 Å². The molecule has 2 aromatic carbocycles. The monoisotopic (exact) mass is 464 g/mol.